The van der Waals surface area contributed by atoms with Crippen molar-refractivity contribution in [2.75, 3.05) is 7.05 Å². The smallest absolute Gasteiger partial charge is 0.317 e. The van der Waals surface area contributed by atoms with Gasteiger partial charge >= 0.3 is 6.03 Å². The first kappa shape index (κ1) is 9.12. The summed E-state index contributed by atoms with van der Waals surface area (Å²) in [7, 11) is 1.76. The highest BCUT2D eigenvalue weighted by atomic mass is 16.3. The van der Waals surface area contributed by atoms with Crippen molar-refractivity contribution in [1.82, 2.24) is 10.2 Å². The Morgan fingerprint density at radius 1 is 1.71 bits per heavy atom. The van der Waals surface area contributed by atoms with E-state index in [-0.39, 0.29) is 6.03 Å². The van der Waals surface area contributed by atoms with E-state index in [0.29, 0.717) is 12.6 Å². The van der Waals surface area contributed by atoms with Crippen LogP contribution >= 0.6 is 0 Å². The predicted octanol–water partition coefficient (Wildman–Crippen LogP) is 1.58. The van der Waals surface area contributed by atoms with E-state index < -0.39 is 0 Å². The summed E-state index contributed by atoms with van der Waals surface area (Å²) in [6.07, 6.45) is 3.84. The molecule has 4 heteroatoms. The Labute approximate surface area is 82.9 Å². The van der Waals surface area contributed by atoms with Gasteiger partial charge in [0.25, 0.3) is 0 Å². The standard InChI is InChI=1S/C10H14N2O2/c1-12(7-9-3-2-6-14-9)10(13)11-8-4-5-8/h2-3,6,8H,4-5,7H2,1H3,(H,11,13). The maximum atomic E-state index is 11.5. The predicted molar refractivity (Wildman–Crippen MR) is 51.7 cm³/mol. The third kappa shape index (κ3) is 2.28. The molecule has 1 fully saturated rings. The van der Waals surface area contributed by atoms with Crippen molar-refractivity contribution in [1.29, 1.82) is 0 Å². The summed E-state index contributed by atoms with van der Waals surface area (Å²) in [5.41, 5.74) is 0. The van der Waals surface area contributed by atoms with Crippen LogP contribution in [0.15, 0.2) is 22.8 Å². The lowest BCUT2D eigenvalue weighted by Gasteiger charge is -2.16. The largest absolute Gasteiger partial charge is 0.467 e. The third-order valence-electron chi connectivity index (χ3n) is 2.22. The van der Waals surface area contributed by atoms with E-state index in [0.717, 1.165) is 18.6 Å². The van der Waals surface area contributed by atoms with E-state index >= 15 is 0 Å². The molecule has 0 aromatic carbocycles. The fourth-order valence-electron chi connectivity index (χ4n) is 1.22. The zero-order valence-electron chi connectivity index (χ0n) is 8.19. The number of carbonyl (C=O) groups excluding carboxylic acids is 1. The first-order chi connectivity index (χ1) is 6.75. The van der Waals surface area contributed by atoms with E-state index in [4.69, 9.17) is 4.42 Å². The molecule has 0 unspecified atom stereocenters. The molecule has 1 aliphatic carbocycles. The summed E-state index contributed by atoms with van der Waals surface area (Å²) >= 11 is 0. The fraction of sp³-hybridized carbons (Fsp3) is 0.500. The Morgan fingerprint density at radius 2 is 2.50 bits per heavy atom. The molecule has 0 spiro atoms. The average molecular weight is 194 g/mol. The fourth-order valence-corrected chi connectivity index (χ4v) is 1.22. The van der Waals surface area contributed by atoms with Crippen LogP contribution in [0.1, 0.15) is 18.6 Å². The molecule has 0 saturated heterocycles. The second kappa shape index (κ2) is 3.74. The molecule has 1 aromatic heterocycles. The summed E-state index contributed by atoms with van der Waals surface area (Å²) in [6, 6.07) is 4.06. The Morgan fingerprint density at radius 3 is 3.07 bits per heavy atom. The van der Waals surface area contributed by atoms with Crippen LogP contribution in [-0.4, -0.2) is 24.0 Å². The van der Waals surface area contributed by atoms with Crippen LogP contribution < -0.4 is 5.32 Å². The van der Waals surface area contributed by atoms with Gasteiger partial charge < -0.3 is 14.6 Å². The number of furan rings is 1. The molecule has 1 heterocycles. The van der Waals surface area contributed by atoms with E-state index in [1.165, 1.54) is 0 Å². The van der Waals surface area contributed by atoms with Crippen LogP contribution in [-0.2, 0) is 6.54 Å². The van der Waals surface area contributed by atoms with Gasteiger partial charge in [0.05, 0.1) is 12.8 Å². The van der Waals surface area contributed by atoms with Gasteiger partial charge in [-0.3, -0.25) is 0 Å². The van der Waals surface area contributed by atoms with Gasteiger partial charge in [0.15, 0.2) is 0 Å². The van der Waals surface area contributed by atoms with Crippen molar-refractivity contribution in [3.63, 3.8) is 0 Å². The molecule has 1 N–H and O–H groups in total. The zero-order chi connectivity index (χ0) is 9.97. The molecular formula is C10H14N2O2. The number of nitrogens with zero attached hydrogens (tertiary/aromatic N) is 1. The number of nitrogens with one attached hydrogen (secondary N) is 1. The van der Waals surface area contributed by atoms with Crippen LogP contribution in [0.5, 0.6) is 0 Å². The van der Waals surface area contributed by atoms with Crippen molar-refractivity contribution >= 4 is 6.03 Å². The molecule has 2 amide bonds. The Hall–Kier alpha value is -1.45. The van der Waals surface area contributed by atoms with E-state index in [1.54, 1.807) is 18.2 Å². The molecule has 0 radical (unpaired) electrons. The minimum atomic E-state index is -0.0242. The van der Waals surface area contributed by atoms with E-state index in [1.807, 2.05) is 12.1 Å². The minimum Gasteiger partial charge on any atom is -0.467 e. The molecule has 0 atom stereocenters. The highest BCUT2D eigenvalue weighted by Crippen LogP contribution is 2.18. The Balaban J connectivity index is 1.81. The highest BCUT2D eigenvalue weighted by molar-refractivity contribution is 5.74. The van der Waals surface area contributed by atoms with Gasteiger partial charge in [0.2, 0.25) is 0 Å². The van der Waals surface area contributed by atoms with Gasteiger partial charge in [-0.15, -0.1) is 0 Å². The minimum absolute atomic E-state index is 0.0242. The number of urea groups is 1. The summed E-state index contributed by atoms with van der Waals surface area (Å²) < 4.78 is 5.15. The molecule has 2 rings (SSSR count). The average Bonchev–Trinajstić information content (AvgIpc) is 2.81. The number of carbonyl (C=O) groups is 1. The Bertz CT molecular complexity index is 304. The molecule has 1 saturated carbocycles. The zero-order valence-corrected chi connectivity index (χ0v) is 8.19. The lowest BCUT2D eigenvalue weighted by atomic mass is 10.4. The summed E-state index contributed by atoms with van der Waals surface area (Å²) in [6.45, 7) is 0.519. The first-order valence-electron chi connectivity index (χ1n) is 4.80. The molecule has 0 aliphatic heterocycles. The molecule has 4 nitrogen and oxygen atoms in total. The van der Waals surface area contributed by atoms with Gasteiger partial charge in [-0.05, 0) is 25.0 Å². The van der Waals surface area contributed by atoms with Gasteiger partial charge in [-0.1, -0.05) is 0 Å². The third-order valence-corrected chi connectivity index (χ3v) is 2.22. The molecule has 1 aliphatic rings. The maximum absolute atomic E-state index is 11.5. The summed E-state index contributed by atoms with van der Waals surface area (Å²) in [4.78, 5) is 13.1. The van der Waals surface area contributed by atoms with E-state index in [2.05, 4.69) is 5.32 Å². The number of rotatable bonds is 3. The normalized spacial score (nSPS) is 15.2. The van der Waals surface area contributed by atoms with Gasteiger partial charge in [-0.25, -0.2) is 4.79 Å². The maximum Gasteiger partial charge on any atom is 0.317 e. The van der Waals surface area contributed by atoms with Crippen LogP contribution in [0.25, 0.3) is 0 Å². The SMILES string of the molecule is CN(Cc1ccco1)C(=O)NC1CC1. The lowest BCUT2D eigenvalue weighted by molar-refractivity contribution is 0.202. The number of hydrogen-bond donors (Lipinski definition) is 1. The second-order valence-electron chi connectivity index (χ2n) is 3.66. The Kier molecular flexibility index (Phi) is 2.43. The van der Waals surface area contributed by atoms with Crippen molar-refractivity contribution < 1.29 is 9.21 Å². The van der Waals surface area contributed by atoms with Gasteiger partial charge in [0.1, 0.15) is 5.76 Å². The summed E-state index contributed by atoms with van der Waals surface area (Å²) in [5, 5.41) is 2.91. The van der Waals surface area contributed by atoms with Crippen LogP contribution in [0.3, 0.4) is 0 Å². The molecule has 0 bridgehead atoms. The first-order valence-corrected chi connectivity index (χ1v) is 4.80. The molecule has 1 aromatic rings. The topological polar surface area (TPSA) is 45.5 Å². The summed E-state index contributed by atoms with van der Waals surface area (Å²) in [5.74, 6) is 0.804. The monoisotopic (exact) mass is 194 g/mol. The van der Waals surface area contributed by atoms with Crippen LogP contribution in [0, 0.1) is 0 Å². The number of hydrogen-bond acceptors (Lipinski definition) is 2. The molecular weight excluding hydrogens is 180 g/mol. The van der Waals surface area contributed by atoms with Crippen LogP contribution in [0.2, 0.25) is 0 Å². The van der Waals surface area contributed by atoms with Crippen molar-refractivity contribution in [2.45, 2.75) is 25.4 Å². The lowest BCUT2D eigenvalue weighted by Crippen LogP contribution is -2.37. The van der Waals surface area contributed by atoms with Crippen molar-refractivity contribution in [3.05, 3.63) is 24.2 Å². The van der Waals surface area contributed by atoms with Crippen LogP contribution in [0.4, 0.5) is 4.79 Å². The van der Waals surface area contributed by atoms with Gasteiger partial charge in [0, 0.05) is 13.1 Å². The molecule has 14 heavy (non-hydrogen) atoms. The van der Waals surface area contributed by atoms with Gasteiger partial charge in [-0.2, -0.15) is 0 Å². The van der Waals surface area contributed by atoms with Crippen molar-refractivity contribution in [2.24, 2.45) is 0 Å². The second-order valence-corrected chi connectivity index (χ2v) is 3.66. The van der Waals surface area contributed by atoms with Crippen molar-refractivity contribution in [3.8, 4) is 0 Å². The highest BCUT2D eigenvalue weighted by Gasteiger charge is 2.24. The van der Waals surface area contributed by atoms with E-state index in [9.17, 15) is 4.79 Å². The molecule has 76 valence electrons. The number of amides is 2. The quantitative estimate of drug-likeness (QED) is 0.794.